The lowest BCUT2D eigenvalue weighted by atomic mass is 9.90. The molecule has 0 spiro atoms. The second-order valence-corrected chi connectivity index (χ2v) is 15.0. The highest BCUT2D eigenvalue weighted by Crippen LogP contribution is 2.45. The van der Waals surface area contributed by atoms with E-state index in [0.717, 1.165) is 58.2 Å². The van der Waals surface area contributed by atoms with Gasteiger partial charge in [-0.2, -0.15) is 4.98 Å². The van der Waals surface area contributed by atoms with Crippen molar-refractivity contribution >= 4 is 35.1 Å². The summed E-state index contributed by atoms with van der Waals surface area (Å²) in [6, 6.07) is 18.0. The summed E-state index contributed by atoms with van der Waals surface area (Å²) in [5, 5.41) is 17.0. The molecule has 0 bridgehead atoms. The van der Waals surface area contributed by atoms with Gasteiger partial charge in [-0.15, -0.1) is 0 Å². The summed E-state index contributed by atoms with van der Waals surface area (Å²) < 4.78 is 17.8. The average Bonchev–Trinajstić information content (AvgIpc) is 3.88. The van der Waals surface area contributed by atoms with E-state index >= 15 is 0 Å². The number of nitrogens with one attached hydrogen (secondary N) is 2. The molecule has 2 aromatic heterocycles. The molecule has 3 aliphatic rings. The number of carboxylic acid groups (broad SMARTS) is 1. The minimum atomic E-state index is -0.789. The van der Waals surface area contributed by atoms with Crippen molar-refractivity contribution < 1.29 is 28.9 Å². The highest BCUT2D eigenvalue weighted by atomic mass is 35.5. The van der Waals surface area contributed by atoms with Crippen molar-refractivity contribution in [1.29, 1.82) is 0 Å². The number of fused-ring (bicyclic) bond motifs is 1. The maximum atomic E-state index is 11.8. The molecule has 2 fully saturated rings. The summed E-state index contributed by atoms with van der Waals surface area (Å²) in [7, 11) is 3.17. The number of benzene rings is 2. The Balaban J connectivity index is 1.08. The predicted molar refractivity (Wildman–Crippen MR) is 203 cm³/mol. The maximum Gasteiger partial charge on any atom is 0.310 e. The Hall–Kier alpha value is -4.42. The Kier molecular flexibility index (Phi) is 10.8. The third-order valence-electron chi connectivity index (χ3n) is 10.6. The molecule has 0 saturated carbocycles. The van der Waals surface area contributed by atoms with Crippen LogP contribution < -0.4 is 24.8 Å². The molecule has 3 atom stereocenters. The number of ether oxygens (including phenoxy) is 3. The van der Waals surface area contributed by atoms with Crippen LogP contribution in [0.15, 0.2) is 54.6 Å². The second-order valence-electron chi connectivity index (χ2n) is 14.3. The Morgan fingerprint density at radius 3 is 2.47 bits per heavy atom. The number of hydrogen-bond donors (Lipinski definition) is 3. The minimum Gasteiger partial charge on any atom is -0.481 e. The largest absolute Gasteiger partial charge is 0.481 e. The molecule has 4 heterocycles. The monoisotopic (exact) mass is 759 g/mol. The van der Waals surface area contributed by atoms with Gasteiger partial charge in [0.05, 0.1) is 30.4 Å². The van der Waals surface area contributed by atoms with Crippen molar-refractivity contribution in [3.05, 3.63) is 86.9 Å². The van der Waals surface area contributed by atoms with Gasteiger partial charge in [0.25, 0.3) is 0 Å². The number of carbonyl (C=O) groups is 2. The number of aromatic nitrogens is 2. The van der Waals surface area contributed by atoms with Gasteiger partial charge in [0.15, 0.2) is 0 Å². The lowest BCUT2D eigenvalue weighted by Gasteiger charge is -2.22. The van der Waals surface area contributed by atoms with Crippen molar-refractivity contribution in [3.8, 4) is 40.0 Å². The van der Waals surface area contributed by atoms with E-state index in [1.54, 1.807) is 27.2 Å². The van der Waals surface area contributed by atoms with Crippen LogP contribution in [0.2, 0.25) is 10.0 Å². The molecule has 2 aromatic carbocycles. The summed E-state index contributed by atoms with van der Waals surface area (Å²) in [4.78, 5) is 34.9. The molecule has 1 unspecified atom stereocenters. The maximum absolute atomic E-state index is 11.8. The Morgan fingerprint density at radius 2 is 1.74 bits per heavy atom. The predicted octanol–water partition coefficient (Wildman–Crippen LogP) is 6.87. The van der Waals surface area contributed by atoms with Gasteiger partial charge in [-0.25, -0.2) is 4.98 Å². The SMILES string of the molecule is COc1nc(-c2cccc(-c3cccc4c3CC[C@@H]4Oc3nc(OC)c(CN4CCC(C)(C(=O)O)C4)cc3Cl)c2Cl)ccc1CNC[C@@H]1CCC(=O)N1. The zero-order valence-corrected chi connectivity index (χ0v) is 31.5. The van der Waals surface area contributed by atoms with Crippen molar-refractivity contribution in [1.82, 2.24) is 25.5 Å². The van der Waals surface area contributed by atoms with E-state index < -0.39 is 11.4 Å². The van der Waals surface area contributed by atoms with Gasteiger partial charge in [-0.05, 0) is 68.0 Å². The number of nitrogens with zero attached hydrogens (tertiary/aromatic N) is 3. The van der Waals surface area contributed by atoms with Crippen LogP contribution in [0.3, 0.4) is 0 Å². The van der Waals surface area contributed by atoms with Crippen molar-refractivity contribution in [2.45, 2.75) is 64.3 Å². The third-order valence-corrected chi connectivity index (χ3v) is 11.3. The molecule has 0 radical (unpaired) electrons. The Morgan fingerprint density at radius 1 is 0.981 bits per heavy atom. The van der Waals surface area contributed by atoms with Crippen molar-refractivity contribution in [2.24, 2.45) is 5.41 Å². The van der Waals surface area contributed by atoms with E-state index in [2.05, 4.69) is 32.7 Å². The van der Waals surface area contributed by atoms with E-state index in [9.17, 15) is 14.7 Å². The summed E-state index contributed by atoms with van der Waals surface area (Å²) in [6.07, 6.45) is 3.21. The number of carbonyl (C=O) groups excluding carboxylic acids is 1. The summed E-state index contributed by atoms with van der Waals surface area (Å²) in [5.74, 6) is 0.514. The smallest absolute Gasteiger partial charge is 0.310 e. The fourth-order valence-electron chi connectivity index (χ4n) is 7.68. The number of hydrogen-bond acceptors (Lipinski definition) is 9. The summed E-state index contributed by atoms with van der Waals surface area (Å²) in [5.41, 5.74) is 6.53. The lowest BCUT2D eigenvalue weighted by Crippen LogP contribution is -2.35. The first-order valence-electron chi connectivity index (χ1n) is 17.9. The van der Waals surface area contributed by atoms with Crippen molar-refractivity contribution in [2.75, 3.05) is 33.9 Å². The molecule has 53 heavy (non-hydrogen) atoms. The quantitative estimate of drug-likeness (QED) is 0.133. The highest BCUT2D eigenvalue weighted by molar-refractivity contribution is 6.36. The van der Waals surface area contributed by atoms with Crippen LogP contribution in [-0.2, 0) is 29.1 Å². The van der Waals surface area contributed by atoms with Gasteiger partial charge >= 0.3 is 5.97 Å². The normalized spacial score (nSPS) is 21.0. The molecule has 11 nitrogen and oxygen atoms in total. The molecular formula is C40H43Cl2N5O6. The topological polar surface area (TPSA) is 135 Å². The van der Waals surface area contributed by atoms with Gasteiger partial charge in [0.2, 0.25) is 23.5 Å². The Labute approximate surface area is 319 Å². The molecule has 1 amide bonds. The molecule has 3 N–H and O–H groups in total. The number of methoxy groups -OCH3 is 2. The summed E-state index contributed by atoms with van der Waals surface area (Å²) in [6.45, 7) is 4.58. The van der Waals surface area contributed by atoms with E-state index in [1.165, 1.54) is 0 Å². The number of pyridine rings is 2. The molecular weight excluding hydrogens is 717 g/mol. The number of carboxylic acids is 1. The van der Waals surface area contributed by atoms with Crippen LogP contribution in [0, 0.1) is 5.41 Å². The first-order chi connectivity index (χ1) is 25.6. The first kappa shape index (κ1) is 36.9. The molecule has 2 aliphatic heterocycles. The number of aliphatic carboxylic acids is 1. The fourth-order valence-corrected chi connectivity index (χ4v) is 8.22. The van der Waals surface area contributed by atoms with E-state index in [0.29, 0.717) is 73.1 Å². The summed E-state index contributed by atoms with van der Waals surface area (Å²) >= 11 is 13.9. The van der Waals surface area contributed by atoms with Gasteiger partial charge in [0.1, 0.15) is 11.1 Å². The van der Waals surface area contributed by atoms with E-state index in [4.69, 9.17) is 42.4 Å². The first-order valence-corrected chi connectivity index (χ1v) is 18.6. The Bertz CT molecular complexity index is 2050. The number of halogens is 2. The molecule has 1 aliphatic carbocycles. The molecule has 4 aromatic rings. The standard InChI is InChI=1S/C40H43Cl2N5O6/c1-40(39(49)50)16-17-47(22-40)21-24-18-31(41)38(46-37(24)52-3)53-33-14-12-27-26(6-4-7-28(27)33)29-8-5-9-30(35(29)42)32-13-10-23(36(45-32)51-2)19-43-20-25-11-15-34(48)44-25/h4-10,13,18,25,33,43H,11-12,14-17,19-22H2,1-3H3,(H,44,48)(H,49,50)/t25-,33-,40?/m0/s1. The van der Waals surface area contributed by atoms with Gasteiger partial charge in [-0.3, -0.25) is 14.5 Å². The molecule has 2 saturated heterocycles. The lowest BCUT2D eigenvalue weighted by molar-refractivity contribution is -0.147. The van der Waals surface area contributed by atoms with Gasteiger partial charge < -0.3 is 30.0 Å². The molecule has 7 rings (SSSR count). The van der Waals surface area contributed by atoms with Gasteiger partial charge in [0, 0.05) is 60.9 Å². The van der Waals surface area contributed by atoms with Crippen molar-refractivity contribution in [3.63, 3.8) is 0 Å². The third kappa shape index (κ3) is 7.66. The van der Waals surface area contributed by atoms with E-state index in [1.807, 2.05) is 36.4 Å². The number of likely N-dealkylation sites (tertiary alicyclic amines) is 1. The average molecular weight is 761 g/mol. The van der Waals surface area contributed by atoms with E-state index in [-0.39, 0.29) is 23.9 Å². The number of rotatable bonds is 13. The van der Waals surface area contributed by atoms with Crippen LogP contribution in [0.4, 0.5) is 0 Å². The second kappa shape index (κ2) is 15.5. The van der Waals surface area contributed by atoms with Crippen LogP contribution in [0.25, 0.3) is 22.4 Å². The molecule has 13 heteroatoms. The zero-order chi connectivity index (χ0) is 37.3. The number of amides is 1. The van der Waals surface area contributed by atoms with Gasteiger partial charge in [-0.1, -0.05) is 65.7 Å². The van der Waals surface area contributed by atoms with Crippen LogP contribution in [0.1, 0.15) is 61.0 Å². The molecule has 278 valence electrons. The highest BCUT2D eigenvalue weighted by Gasteiger charge is 2.40. The fraction of sp³-hybridized carbons (Fsp3) is 0.400. The van der Waals surface area contributed by atoms with Crippen LogP contribution in [-0.4, -0.2) is 71.7 Å². The zero-order valence-electron chi connectivity index (χ0n) is 30.0. The van der Waals surface area contributed by atoms with Crippen LogP contribution >= 0.6 is 23.2 Å². The minimum absolute atomic E-state index is 0.0988. The van der Waals surface area contributed by atoms with Crippen LogP contribution in [0.5, 0.6) is 17.6 Å².